The van der Waals surface area contributed by atoms with Crippen LogP contribution < -0.4 is 5.32 Å². The molecule has 1 amide bonds. The zero-order chi connectivity index (χ0) is 17.9. The Morgan fingerprint density at radius 2 is 1.62 bits per heavy atom. The van der Waals surface area contributed by atoms with Crippen LogP contribution in [-0.2, 0) is 9.59 Å². The van der Waals surface area contributed by atoms with E-state index in [2.05, 4.69) is 24.4 Å². The highest BCUT2D eigenvalue weighted by Gasteiger charge is 2.25. The first-order valence-electron chi connectivity index (χ1n) is 9.08. The van der Waals surface area contributed by atoms with Gasteiger partial charge in [0, 0.05) is 12.5 Å². The topological polar surface area (TPSA) is 66.4 Å². The Kier molecular flexibility index (Phi) is 9.13. The van der Waals surface area contributed by atoms with Crippen molar-refractivity contribution in [3.05, 3.63) is 35.9 Å². The van der Waals surface area contributed by atoms with Crippen molar-refractivity contribution < 1.29 is 14.7 Å². The van der Waals surface area contributed by atoms with E-state index in [-0.39, 0.29) is 17.7 Å². The van der Waals surface area contributed by atoms with Gasteiger partial charge in [-0.1, -0.05) is 44.2 Å². The monoisotopic (exact) mass is 333 g/mol. The summed E-state index contributed by atoms with van der Waals surface area (Å²) in [6.45, 7) is 6.59. The molecule has 0 radical (unpaired) electrons. The van der Waals surface area contributed by atoms with Crippen molar-refractivity contribution in [2.75, 3.05) is 6.54 Å². The molecule has 4 heteroatoms. The van der Waals surface area contributed by atoms with Gasteiger partial charge < -0.3 is 10.4 Å². The van der Waals surface area contributed by atoms with E-state index in [9.17, 15) is 14.7 Å². The fourth-order valence-corrected chi connectivity index (χ4v) is 3.19. The molecule has 1 aromatic carbocycles. The second kappa shape index (κ2) is 10.8. The molecule has 0 saturated heterocycles. The number of hydrogen-bond acceptors (Lipinski definition) is 2. The van der Waals surface area contributed by atoms with Gasteiger partial charge in [0.2, 0.25) is 5.91 Å². The molecule has 2 N–H and O–H groups in total. The van der Waals surface area contributed by atoms with Crippen molar-refractivity contribution in [1.82, 2.24) is 5.32 Å². The molecule has 0 spiro atoms. The van der Waals surface area contributed by atoms with Gasteiger partial charge in [0.1, 0.15) is 0 Å². The van der Waals surface area contributed by atoms with Crippen molar-refractivity contribution in [3.8, 4) is 0 Å². The maximum atomic E-state index is 12.0. The number of carboxylic acids is 1. The van der Waals surface area contributed by atoms with Gasteiger partial charge in [-0.2, -0.15) is 0 Å². The van der Waals surface area contributed by atoms with E-state index in [1.54, 1.807) is 0 Å². The van der Waals surface area contributed by atoms with Crippen molar-refractivity contribution in [3.63, 3.8) is 0 Å². The lowest BCUT2D eigenvalue weighted by molar-refractivity contribution is -0.142. The number of carboxylic acid groups (broad SMARTS) is 1. The molecule has 3 unspecified atom stereocenters. The predicted molar refractivity (Wildman–Crippen MR) is 96.9 cm³/mol. The molecule has 1 rings (SSSR count). The average Bonchev–Trinajstić information content (AvgIpc) is 2.58. The van der Waals surface area contributed by atoms with Gasteiger partial charge in [0.25, 0.3) is 0 Å². The molecular formula is C20H31NO3. The number of nitrogens with one attached hydrogen (secondary N) is 1. The quantitative estimate of drug-likeness (QED) is 0.637. The van der Waals surface area contributed by atoms with E-state index in [0.29, 0.717) is 25.8 Å². The lowest BCUT2D eigenvalue weighted by atomic mass is 9.83. The molecule has 0 heterocycles. The summed E-state index contributed by atoms with van der Waals surface area (Å²) in [4.78, 5) is 23.7. The molecule has 4 nitrogen and oxygen atoms in total. The number of benzene rings is 1. The normalized spacial score (nSPS) is 14.6. The second-order valence-electron chi connectivity index (χ2n) is 6.36. The summed E-state index contributed by atoms with van der Waals surface area (Å²) in [5.41, 5.74) is 1.20. The van der Waals surface area contributed by atoms with E-state index in [1.807, 2.05) is 32.0 Å². The molecule has 0 aliphatic carbocycles. The number of amides is 1. The van der Waals surface area contributed by atoms with Crippen molar-refractivity contribution in [1.29, 1.82) is 0 Å². The van der Waals surface area contributed by atoms with Gasteiger partial charge in [-0.25, -0.2) is 0 Å². The molecule has 134 valence electrons. The van der Waals surface area contributed by atoms with Crippen LogP contribution in [0, 0.1) is 11.8 Å². The molecule has 24 heavy (non-hydrogen) atoms. The van der Waals surface area contributed by atoms with Crippen LogP contribution in [-0.4, -0.2) is 23.5 Å². The Hall–Kier alpha value is -1.84. The summed E-state index contributed by atoms with van der Waals surface area (Å²) in [6, 6.07) is 10.1. The fraction of sp³-hybridized carbons (Fsp3) is 0.600. The molecule has 0 aliphatic heterocycles. The van der Waals surface area contributed by atoms with Crippen molar-refractivity contribution >= 4 is 11.9 Å². The number of rotatable bonds is 11. The minimum Gasteiger partial charge on any atom is -0.481 e. The van der Waals surface area contributed by atoms with Gasteiger partial charge >= 0.3 is 5.97 Å². The Balaban J connectivity index is 2.69. The minimum absolute atomic E-state index is 0.0410. The SMILES string of the molecule is CCNC(=O)C(CC)CCC(CC(CC)c1ccccc1)C(=O)O. The first kappa shape index (κ1) is 20.2. The zero-order valence-electron chi connectivity index (χ0n) is 15.1. The maximum Gasteiger partial charge on any atom is 0.306 e. The fourth-order valence-electron chi connectivity index (χ4n) is 3.19. The number of hydrogen-bond donors (Lipinski definition) is 2. The smallest absolute Gasteiger partial charge is 0.306 e. The lowest BCUT2D eigenvalue weighted by Gasteiger charge is -2.22. The number of carbonyl (C=O) groups excluding carboxylic acids is 1. The molecule has 3 atom stereocenters. The van der Waals surface area contributed by atoms with Crippen LogP contribution in [0.4, 0.5) is 0 Å². The first-order chi connectivity index (χ1) is 11.5. The van der Waals surface area contributed by atoms with Gasteiger partial charge in [-0.3, -0.25) is 9.59 Å². The maximum absolute atomic E-state index is 12.0. The van der Waals surface area contributed by atoms with Crippen LogP contribution in [0.15, 0.2) is 30.3 Å². The van der Waals surface area contributed by atoms with E-state index >= 15 is 0 Å². The molecule has 1 aromatic rings. The summed E-state index contributed by atoms with van der Waals surface area (Å²) >= 11 is 0. The Morgan fingerprint density at radius 1 is 1.00 bits per heavy atom. The summed E-state index contributed by atoms with van der Waals surface area (Å²) < 4.78 is 0. The molecule has 0 aromatic heterocycles. The Labute approximate surface area is 145 Å². The third-order valence-electron chi connectivity index (χ3n) is 4.76. The van der Waals surface area contributed by atoms with Crippen LogP contribution in [0.3, 0.4) is 0 Å². The van der Waals surface area contributed by atoms with Crippen LogP contribution in [0.1, 0.15) is 64.4 Å². The van der Waals surface area contributed by atoms with Crippen LogP contribution in [0.25, 0.3) is 0 Å². The van der Waals surface area contributed by atoms with E-state index in [4.69, 9.17) is 0 Å². The highest BCUT2D eigenvalue weighted by molar-refractivity contribution is 5.78. The van der Waals surface area contributed by atoms with Crippen LogP contribution in [0.2, 0.25) is 0 Å². The molecule has 0 aliphatic rings. The zero-order valence-corrected chi connectivity index (χ0v) is 15.1. The van der Waals surface area contributed by atoms with E-state index in [0.717, 1.165) is 12.8 Å². The molecule has 0 saturated carbocycles. The minimum atomic E-state index is -0.755. The first-order valence-corrected chi connectivity index (χ1v) is 9.08. The third kappa shape index (κ3) is 6.34. The second-order valence-corrected chi connectivity index (χ2v) is 6.36. The molecule has 0 fully saturated rings. The van der Waals surface area contributed by atoms with Gasteiger partial charge in [-0.05, 0) is 50.5 Å². The van der Waals surface area contributed by atoms with Crippen LogP contribution >= 0.6 is 0 Å². The van der Waals surface area contributed by atoms with Gasteiger partial charge in [0.05, 0.1) is 5.92 Å². The molecular weight excluding hydrogens is 302 g/mol. The summed E-state index contributed by atoms with van der Waals surface area (Å²) in [6.07, 6.45) is 3.47. The highest BCUT2D eigenvalue weighted by atomic mass is 16.4. The summed E-state index contributed by atoms with van der Waals surface area (Å²) in [7, 11) is 0. The summed E-state index contributed by atoms with van der Waals surface area (Å²) in [5.74, 6) is -0.964. The Bertz CT molecular complexity index is 501. The highest BCUT2D eigenvalue weighted by Crippen LogP contribution is 2.30. The number of carbonyl (C=O) groups is 2. The standard InChI is InChI=1S/C20H31NO3/c1-4-15(19(22)21-6-3)12-13-18(20(23)24)14-16(5-2)17-10-8-7-9-11-17/h7-11,15-16,18H,4-6,12-14H2,1-3H3,(H,21,22)(H,23,24). The third-order valence-corrected chi connectivity index (χ3v) is 4.76. The average molecular weight is 333 g/mol. The predicted octanol–water partition coefficient (Wildman–Crippen LogP) is 4.21. The van der Waals surface area contributed by atoms with E-state index < -0.39 is 11.9 Å². The Morgan fingerprint density at radius 3 is 2.12 bits per heavy atom. The summed E-state index contributed by atoms with van der Waals surface area (Å²) in [5, 5.41) is 12.4. The van der Waals surface area contributed by atoms with Crippen LogP contribution in [0.5, 0.6) is 0 Å². The van der Waals surface area contributed by atoms with E-state index in [1.165, 1.54) is 5.56 Å². The van der Waals surface area contributed by atoms with Crippen molar-refractivity contribution in [2.24, 2.45) is 11.8 Å². The van der Waals surface area contributed by atoms with Gasteiger partial charge in [0.15, 0.2) is 0 Å². The largest absolute Gasteiger partial charge is 0.481 e. The van der Waals surface area contributed by atoms with Crippen molar-refractivity contribution in [2.45, 2.75) is 58.8 Å². The van der Waals surface area contributed by atoms with Gasteiger partial charge in [-0.15, -0.1) is 0 Å². The number of aliphatic carboxylic acids is 1. The lowest BCUT2D eigenvalue weighted by Crippen LogP contribution is -2.31. The molecule has 0 bridgehead atoms.